The topological polar surface area (TPSA) is 71.0 Å². The Labute approximate surface area is 146 Å². The summed E-state index contributed by atoms with van der Waals surface area (Å²) in [6, 6.07) is 6.06. The van der Waals surface area contributed by atoms with Gasteiger partial charge in [-0.3, -0.25) is 9.78 Å². The number of pyridine rings is 1. The van der Waals surface area contributed by atoms with Gasteiger partial charge in [0.15, 0.2) is 0 Å². The van der Waals surface area contributed by atoms with Crippen LogP contribution < -0.4 is 5.32 Å². The standard InChI is InChI=1S/C17H23N5OS/c1-2-15-16(24-21-20-15)17(23)22(12-13-6-3-4-10-19-13)14-7-5-9-18-11-8-14/h3-4,6,10,14,18H,2,5,7-9,11-12H2,1H3/t14-/m0/s1. The van der Waals surface area contributed by atoms with Crippen molar-refractivity contribution in [3.8, 4) is 0 Å². The molecule has 1 aliphatic rings. The Bertz CT molecular complexity index is 652. The van der Waals surface area contributed by atoms with Gasteiger partial charge < -0.3 is 10.2 Å². The first kappa shape index (κ1) is 17.0. The normalized spacial score (nSPS) is 18.1. The Balaban J connectivity index is 1.87. The van der Waals surface area contributed by atoms with Crippen LogP contribution in [-0.2, 0) is 13.0 Å². The minimum Gasteiger partial charge on any atom is -0.329 e. The van der Waals surface area contributed by atoms with Crippen LogP contribution in [0.5, 0.6) is 0 Å². The van der Waals surface area contributed by atoms with Crippen LogP contribution in [0.1, 0.15) is 47.2 Å². The second kappa shape index (κ2) is 8.30. The molecule has 1 atom stereocenters. The van der Waals surface area contributed by atoms with Crippen molar-refractivity contribution >= 4 is 17.4 Å². The maximum Gasteiger partial charge on any atom is 0.268 e. The largest absolute Gasteiger partial charge is 0.329 e. The molecule has 1 saturated heterocycles. The van der Waals surface area contributed by atoms with Crippen LogP contribution in [0, 0.1) is 0 Å². The van der Waals surface area contributed by atoms with Gasteiger partial charge in [-0.1, -0.05) is 17.5 Å². The molecule has 1 fully saturated rings. The average molecular weight is 345 g/mol. The fraction of sp³-hybridized carbons (Fsp3) is 0.529. The first-order valence-corrected chi connectivity index (χ1v) is 9.29. The first-order chi connectivity index (χ1) is 11.8. The molecule has 24 heavy (non-hydrogen) atoms. The summed E-state index contributed by atoms with van der Waals surface area (Å²) in [5.74, 6) is 0.0411. The summed E-state index contributed by atoms with van der Waals surface area (Å²) in [4.78, 5) is 20.3. The fourth-order valence-corrected chi connectivity index (χ4v) is 3.78. The Kier molecular flexibility index (Phi) is 5.87. The summed E-state index contributed by atoms with van der Waals surface area (Å²) in [6.07, 6.45) is 5.56. The lowest BCUT2D eigenvalue weighted by atomic mass is 10.1. The monoisotopic (exact) mass is 345 g/mol. The lowest BCUT2D eigenvalue weighted by Crippen LogP contribution is -2.40. The molecule has 0 saturated carbocycles. The van der Waals surface area contributed by atoms with Gasteiger partial charge in [-0.05, 0) is 62.4 Å². The van der Waals surface area contributed by atoms with Gasteiger partial charge >= 0.3 is 0 Å². The van der Waals surface area contributed by atoms with Crippen molar-refractivity contribution in [2.75, 3.05) is 13.1 Å². The molecule has 1 aliphatic heterocycles. The average Bonchev–Trinajstić information content (AvgIpc) is 2.94. The second-order valence-corrected chi connectivity index (χ2v) is 6.75. The molecular formula is C17H23N5OS. The SMILES string of the molecule is CCc1nnsc1C(=O)N(Cc1ccccn1)[C@H]1CCCNCC1. The third-order valence-corrected chi connectivity index (χ3v) is 5.15. The van der Waals surface area contributed by atoms with Gasteiger partial charge in [0.1, 0.15) is 4.88 Å². The Morgan fingerprint density at radius 3 is 3.08 bits per heavy atom. The highest BCUT2D eigenvalue weighted by molar-refractivity contribution is 7.08. The molecule has 0 spiro atoms. The zero-order valence-electron chi connectivity index (χ0n) is 13.9. The van der Waals surface area contributed by atoms with E-state index in [2.05, 4.69) is 19.9 Å². The molecule has 6 nitrogen and oxygen atoms in total. The summed E-state index contributed by atoms with van der Waals surface area (Å²) >= 11 is 1.20. The van der Waals surface area contributed by atoms with Crippen LogP contribution in [-0.4, -0.2) is 44.5 Å². The van der Waals surface area contributed by atoms with Gasteiger partial charge in [0, 0.05) is 12.2 Å². The lowest BCUT2D eigenvalue weighted by Gasteiger charge is -2.30. The molecule has 0 aliphatic carbocycles. The zero-order chi connectivity index (χ0) is 16.8. The molecule has 1 amide bonds. The van der Waals surface area contributed by atoms with E-state index in [9.17, 15) is 4.79 Å². The minimum atomic E-state index is 0.0411. The second-order valence-electron chi connectivity index (χ2n) is 5.99. The highest BCUT2D eigenvalue weighted by Gasteiger charge is 2.29. The van der Waals surface area contributed by atoms with E-state index in [4.69, 9.17) is 0 Å². The van der Waals surface area contributed by atoms with E-state index in [1.54, 1.807) is 6.20 Å². The van der Waals surface area contributed by atoms with Crippen LogP contribution in [0.2, 0.25) is 0 Å². The summed E-state index contributed by atoms with van der Waals surface area (Å²) in [5.41, 5.74) is 1.71. The number of carbonyl (C=O) groups excluding carboxylic acids is 1. The quantitative estimate of drug-likeness (QED) is 0.900. The van der Waals surface area contributed by atoms with Crippen LogP contribution >= 0.6 is 11.5 Å². The van der Waals surface area contributed by atoms with Crippen LogP contribution in [0.15, 0.2) is 24.4 Å². The van der Waals surface area contributed by atoms with E-state index >= 15 is 0 Å². The molecular weight excluding hydrogens is 322 g/mol. The van der Waals surface area contributed by atoms with Crippen LogP contribution in [0.25, 0.3) is 0 Å². The van der Waals surface area contributed by atoms with Crippen molar-refractivity contribution in [1.82, 2.24) is 24.8 Å². The summed E-state index contributed by atoms with van der Waals surface area (Å²) in [5, 5.41) is 7.52. The minimum absolute atomic E-state index is 0.0411. The number of nitrogens with zero attached hydrogens (tertiary/aromatic N) is 4. The predicted octanol–water partition coefficient (Wildman–Crippen LogP) is 2.28. The zero-order valence-corrected chi connectivity index (χ0v) is 14.8. The molecule has 7 heteroatoms. The summed E-state index contributed by atoms with van der Waals surface area (Å²) in [7, 11) is 0. The number of aryl methyl sites for hydroxylation is 1. The van der Waals surface area contributed by atoms with Crippen LogP contribution in [0.4, 0.5) is 0 Å². The molecule has 2 aromatic rings. The maximum absolute atomic E-state index is 13.2. The van der Waals surface area contributed by atoms with E-state index < -0.39 is 0 Å². The predicted molar refractivity (Wildman–Crippen MR) is 93.9 cm³/mol. The number of hydrogen-bond donors (Lipinski definition) is 1. The van der Waals surface area contributed by atoms with E-state index in [-0.39, 0.29) is 11.9 Å². The highest BCUT2D eigenvalue weighted by Crippen LogP contribution is 2.22. The van der Waals surface area contributed by atoms with Gasteiger partial charge in [0.05, 0.1) is 17.9 Å². The number of amides is 1. The van der Waals surface area contributed by atoms with Gasteiger partial charge in [0.2, 0.25) is 0 Å². The number of carbonyl (C=O) groups is 1. The molecule has 2 aromatic heterocycles. The van der Waals surface area contributed by atoms with E-state index in [1.807, 2.05) is 30.0 Å². The highest BCUT2D eigenvalue weighted by atomic mass is 32.1. The fourth-order valence-electron chi connectivity index (χ4n) is 3.08. The molecule has 3 heterocycles. The maximum atomic E-state index is 13.2. The summed E-state index contributed by atoms with van der Waals surface area (Å²) in [6.45, 7) is 4.50. The molecule has 0 unspecified atom stereocenters. The van der Waals surface area contributed by atoms with E-state index in [0.717, 1.165) is 50.2 Å². The Morgan fingerprint density at radius 1 is 1.38 bits per heavy atom. The lowest BCUT2D eigenvalue weighted by molar-refractivity contribution is 0.0646. The summed E-state index contributed by atoms with van der Waals surface area (Å²) < 4.78 is 3.98. The molecule has 0 bridgehead atoms. The number of hydrogen-bond acceptors (Lipinski definition) is 6. The molecule has 128 valence electrons. The van der Waals surface area contributed by atoms with Crippen molar-refractivity contribution in [3.63, 3.8) is 0 Å². The third kappa shape index (κ3) is 3.96. The van der Waals surface area contributed by atoms with Gasteiger partial charge in [0.25, 0.3) is 5.91 Å². The number of rotatable bonds is 5. The molecule has 0 aromatic carbocycles. The van der Waals surface area contributed by atoms with Gasteiger partial charge in [-0.15, -0.1) is 5.10 Å². The van der Waals surface area contributed by atoms with Crippen LogP contribution in [0.3, 0.4) is 0 Å². The third-order valence-electron chi connectivity index (χ3n) is 4.39. The van der Waals surface area contributed by atoms with Crippen molar-refractivity contribution in [3.05, 3.63) is 40.7 Å². The smallest absolute Gasteiger partial charge is 0.268 e. The van der Waals surface area contributed by atoms with Crippen molar-refractivity contribution in [2.45, 2.75) is 45.2 Å². The molecule has 1 N–H and O–H groups in total. The van der Waals surface area contributed by atoms with E-state index in [0.29, 0.717) is 11.4 Å². The molecule has 0 radical (unpaired) electrons. The number of aromatic nitrogens is 3. The Hall–Kier alpha value is -1.86. The van der Waals surface area contributed by atoms with Crippen molar-refractivity contribution in [2.24, 2.45) is 0 Å². The molecule has 3 rings (SSSR count). The first-order valence-electron chi connectivity index (χ1n) is 8.52. The van der Waals surface area contributed by atoms with Crippen molar-refractivity contribution in [1.29, 1.82) is 0 Å². The van der Waals surface area contributed by atoms with Gasteiger partial charge in [-0.25, -0.2) is 0 Å². The number of nitrogens with one attached hydrogen (secondary N) is 1. The van der Waals surface area contributed by atoms with Gasteiger partial charge in [-0.2, -0.15) is 0 Å². The van der Waals surface area contributed by atoms with Crippen molar-refractivity contribution < 1.29 is 4.79 Å². The Morgan fingerprint density at radius 2 is 2.29 bits per heavy atom. The van der Waals surface area contributed by atoms with E-state index in [1.165, 1.54) is 11.5 Å².